The van der Waals surface area contributed by atoms with E-state index in [0.29, 0.717) is 0 Å². The van der Waals surface area contributed by atoms with Gasteiger partial charge >= 0.3 is 0 Å². The zero-order valence-electron chi connectivity index (χ0n) is 19.1. The highest BCUT2D eigenvalue weighted by molar-refractivity contribution is 9.09. The summed E-state index contributed by atoms with van der Waals surface area (Å²) in [5.41, 5.74) is 12.9. The fourth-order valence-electron chi connectivity index (χ4n) is 6.13. The molecule has 4 aliphatic rings. The number of rotatable bonds is 2. The molecule has 5 heteroatoms. The van der Waals surface area contributed by atoms with Crippen molar-refractivity contribution in [3.8, 4) is 0 Å². The van der Waals surface area contributed by atoms with Crippen LogP contribution in [0.25, 0.3) is 12.2 Å². The normalized spacial score (nSPS) is 23.3. The first kappa shape index (κ1) is 21.5. The van der Waals surface area contributed by atoms with Gasteiger partial charge in [0.25, 0.3) is 0 Å². The molecule has 0 fully saturated rings. The van der Waals surface area contributed by atoms with Gasteiger partial charge < -0.3 is 0 Å². The van der Waals surface area contributed by atoms with Gasteiger partial charge in [0.05, 0.1) is 21.0 Å². The number of hydrogen-bond donors (Lipinski definition) is 0. The summed E-state index contributed by atoms with van der Waals surface area (Å²) in [5.74, 6) is 0. The van der Waals surface area contributed by atoms with Crippen LogP contribution in [-0.4, -0.2) is 18.0 Å². The maximum Gasteiger partial charge on any atom is 0.114 e. The molecule has 0 radical (unpaired) electrons. The molecule has 0 saturated carbocycles. The number of allylic oxidation sites excluding steroid dienone is 10. The minimum Gasteiger partial charge on any atom is -0.257 e. The van der Waals surface area contributed by atoms with E-state index in [2.05, 4.69) is 95.2 Å². The zero-order chi connectivity index (χ0) is 23.1. The molecule has 164 valence electrons. The second-order valence-corrected chi connectivity index (χ2v) is 15.8. The molecule has 0 spiro atoms. The van der Waals surface area contributed by atoms with Crippen LogP contribution in [0.15, 0.2) is 92.6 Å². The average Bonchev–Trinajstić information content (AvgIpc) is 3.31. The molecule has 0 N–H and O–H groups in total. The molecule has 2 aromatic rings. The molecule has 0 bridgehead atoms. The van der Waals surface area contributed by atoms with Crippen LogP contribution in [0.5, 0.6) is 0 Å². The Hall–Kier alpha value is -2.08. The topological polar surface area (TPSA) is 25.8 Å². The molecular formula is C28H24Br2N2Si. The Morgan fingerprint density at radius 2 is 1.12 bits per heavy atom. The summed E-state index contributed by atoms with van der Waals surface area (Å²) in [5, 5.41) is 3.06. The summed E-state index contributed by atoms with van der Waals surface area (Å²) in [6.07, 6.45) is 13.2. The highest BCUT2D eigenvalue weighted by Gasteiger charge is 2.45. The molecule has 6 rings (SSSR count). The molecule has 4 aliphatic carbocycles. The van der Waals surface area contributed by atoms with E-state index in [0.717, 1.165) is 11.4 Å². The largest absolute Gasteiger partial charge is 0.257 e. The SMILES string of the molecule is CC1=C([Si](C)(C)C2=C(C)C=C3C2=Cc2ncccc2C3Br)C2=Cc3ncccc3C(Br)C2=C1. The lowest BCUT2D eigenvalue weighted by molar-refractivity contribution is 1.08. The third-order valence-corrected chi connectivity index (χ3v) is 13.1. The number of pyridine rings is 2. The summed E-state index contributed by atoms with van der Waals surface area (Å²) < 4.78 is 0. The van der Waals surface area contributed by atoms with Crippen molar-refractivity contribution in [3.05, 3.63) is 115 Å². The van der Waals surface area contributed by atoms with E-state index in [9.17, 15) is 0 Å². The fraction of sp³-hybridized carbons (Fsp3) is 0.214. The molecule has 2 heterocycles. The predicted octanol–water partition coefficient (Wildman–Crippen LogP) is 8.14. The van der Waals surface area contributed by atoms with Gasteiger partial charge in [0.2, 0.25) is 0 Å². The van der Waals surface area contributed by atoms with E-state index in [1.165, 1.54) is 55.0 Å². The number of nitrogens with zero attached hydrogens (tertiary/aromatic N) is 2. The number of alkyl halides is 2. The van der Waals surface area contributed by atoms with Gasteiger partial charge in [-0.3, -0.25) is 9.97 Å². The second kappa shape index (κ2) is 7.46. The standard InChI is InChI=1S/C28H24Br2N2Si/c1-15-11-19-21(13-23-17(25(19)29)7-5-9-31-23)27(15)33(3,4)28-16(2)12-20-22(28)14-24-18(26(20)30)8-6-10-32-24/h5-14,25-26H,1-4H3. The van der Waals surface area contributed by atoms with Crippen LogP contribution in [0.2, 0.25) is 13.1 Å². The Bertz CT molecular complexity index is 1330. The lowest BCUT2D eigenvalue weighted by atomic mass is 9.92. The Balaban J connectivity index is 1.50. The minimum absolute atomic E-state index is 0.183. The van der Waals surface area contributed by atoms with Crippen molar-refractivity contribution in [2.75, 3.05) is 0 Å². The molecule has 2 atom stereocenters. The third-order valence-electron chi connectivity index (χ3n) is 7.34. The minimum atomic E-state index is -2.06. The maximum absolute atomic E-state index is 4.70. The Morgan fingerprint density at radius 3 is 1.55 bits per heavy atom. The van der Waals surface area contributed by atoms with Crippen LogP contribution in [0.3, 0.4) is 0 Å². The van der Waals surface area contributed by atoms with Crippen molar-refractivity contribution < 1.29 is 0 Å². The highest BCUT2D eigenvalue weighted by atomic mass is 79.9. The zero-order valence-corrected chi connectivity index (χ0v) is 23.3. The molecule has 2 aromatic heterocycles. The smallest absolute Gasteiger partial charge is 0.114 e. The maximum atomic E-state index is 4.70. The van der Waals surface area contributed by atoms with E-state index in [4.69, 9.17) is 9.97 Å². The number of halogens is 2. The van der Waals surface area contributed by atoms with Gasteiger partial charge in [0, 0.05) is 12.4 Å². The third kappa shape index (κ3) is 3.02. The van der Waals surface area contributed by atoms with E-state index in [-0.39, 0.29) is 9.65 Å². The molecular weight excluding hydrogens is 552 g/mol. The first-order valence-corrected chi connectivity index (χ1v) is 16.1. The van der Waals surface area contributed by atoms with Crippen molar-refractivity contribution >= 4 is 52.1 Å². The molecule has 0 saturated heterocycles. The first-order valence-electron chi connectivity index (χ1n) is 11.3. The quantitative estimate of drug-likeness (QED) is 0.267. The Labute approximate surface area is 212 Å². The van der Waals surface area contributed by atoms with Crippen LogP contribution in [-0.2, 0) is 0 Å². The predicted molar refractivity (Wildman–Crippen MR) is 147 cm³/mol. The number of fused-ring (bicyclic) bond motifs is 4. The average molecular weight is 576 g/mol. The lowest BCUT2D eigenvalue weighted by Crippen LogP contribution is -2.35. The number of aromatic nitrogens is 2. The van der Waals surface area contributed by atoms with Crippen molar-refractivity contribution in [1.29, 1.82) is 0 Å². The second-order valence-electron chi connectivity index (χ2n) is 9.74. The fourth-order valence-corrected chi connectivity index (χ4v) is 11.8. The van der Waals surface area contributed by atoms with Gasteiger partial charge in [0.15, 0.2) is 0 Å². The van der Waals surface area contributed by atoms with E-state index in [1.807, 2.05) is 24.5 Å². The molecule has 0 amide bonds. The van der Waals surface area contributed by atoms with Gasteiger partial charge in [0.1, 0.15) is 8.07 Å². The summed E-state index contributed by atoms with van der Waals surface area (Å²) in [7, 11) is -2.06. The van der Waals surface area contributed by atoms with Gasteiger partial charge in [-0.05, 0) is 81.9 Å². The van der Waals surface area contributed by atoms with E-state index >= 15 is 0 Å². The van der Waals surface area contributed by atoms with Gasteiger partial charge in [-0.2, -0.15) is 0 Å². The summed E-state index contributed by atoms with van der Waals surface area (Å²) in [6.45, 7) is 9.59. The van der Waals surface area contributed by atoms with Crippen LogP contribution in [0, 0.1) is 0 Å². The van der Waals surface area contributed by atoms with Crippen molar-refractivity contribution in [2.24, 2.45) is 0 Å². The van der Waals surface area contributed by atoms with Crippen LogP contribution >= 0.6 is 31.9 Å². The van der Waals surface area contributed by atoms with Crippen LogP contribution < -0.4 is 0 Å². The summed E-state index contributed by atoms with van der Waals surface area (Å²) in [6, 6.07) is 8.41. The van der Waals surface area contributed by atoms with Gasteiger partial charge in [-0.1, -0.05) is 80.4 Å². The van der Waals surface area contributed by atoms with E-state index in [1.54, 1.807) is 0 Å². The Kier molecular flexibility index (Phi) is 4.85. The molecule has 2 nitrogen and oxygen atoms in total. The summed E-state index contributed by atoms with van der Waals surface area (Å²) in [4.78, 5) is 9.76. The molecule has 0 aliphatic heterocycles. The molecule has 0 aromatic carbocycles. The number of hydrogen-bond acceptors (Lipinski definition) is 2. The summed E-state index contributed by atoms with van der Waals surface area (Å²) >= 11 is 7.97. The van der Waals surface area contributed by atoms with Crippen molar-refractivity contribution in [3.63, 3.8) is 0 Å². The van der Waals surface area contributed by atoms with E-state index < -0.39 is 8.07 Å². The van der Waals surface area contributed by atoms with Crippen LogP contribution in [0.1, 0.15) is 46.0 Å². The monoisotopic (exact) mass is 574 g/mol. The van der Waals surface area contributed by atoms with Crippen molar-refractivity contribution in [2.45, 2.75) is 36.6 Å². The molecule has 33 heavy (non-hydrogen) atoms. The van der Waals surface area contributed by atoms with Gasteiger partial charge in [-0.15, -0.1) is 0 Å². The molecule has 2 unspecified atom stereocenters. The highest BCUT2D eigenvalue weighted by Crippen LogP contribution is 2.55. The van der Waals surface area contributed by atoms with Crippen molar-refractivity contribution in [1.82, 2.24) is 9.97 Å². The van der Waals surface area contributed by atoms with Gasteiger partial charge in [-0.25, -0.2) is 0 Å². The lowest BCUT2D eigenvalue weighted by Gasteiger charge is -2.35. The van der Waals surface area contributed by atoms with Crippen LogP contribution in [0.4, 0.5) is 0 Å². The Morgan fingerprint density at radius 1 is 0.697 bits per heavy atom. The first-order chi connectivity index (χ1) is 15.8.